The number of benzene rings is 1. The van der Waals surface area contributed by atoms with Gasteiger partial charge in [0.05, 0.1) is 6.54 Å². The molecule has 17 heavy (non-hydrogen) atoms. The Morgan fingerprint density at radius 1 is 1.53 bits per heavy atom. The van der Waals surface area contributed by atoms with E-state index in [4.69, 9.17) is 10.5 Å². The minimum absolute atomic E-state index is 0.181. The molecule has 0 saturated carbocycles. The second-order valence-corrected chi connectivity index (χ2v) is 4.41. The van der Waals surface area contributed by atoms with Crippen molar-refractivity contribution in [3.05, 3.63) is 35.4 Å². The van der Waals surface area contributed by atoms with Gasteiger partial charge in [-0.15, -0.1) is 0 Å². The third-order valence-corrected chi connectivity index (χ3v) is 3.08. The first-order valence-corrected chi connectivity index (χ1v) is 5.89. The van der Waals surface area contributed by atoms with Crippen molar-refractivity contribution in [1.29, 1.82) is 0 Å². The van der Waals surface area contributed by atoms with Crippen molar-refractivity contribution in [1.82, 2.24) is 4.90 Å². The zero-order valence-electron chi connectivity index (χ0n) is 10.1. The number of carbonyl (C=O) groups excluding carboxylic acids is 1. The van der Waals surface area contributed by atoms with Gasteiger partial charge in [0.2, 0.25) is 0 Å². The van der Waals surface area contributed by atoms with E-state index in [2.05, 4.69) is 25.1 Å². The molecule has 1 saturated heterocycles. The summed E-state index contributed by atoms with van der Waals surface area (Å²) in [5, 5.41) is 0. The molecule has 1 amide bonds. The minimum atomic E-state index is -0.226. The summed E-state index contributed by atoms with van der Waals surface area (Å²) < 4.78 is 4.92. The smallest absolute Gasteiger partial charge is 0.409 e. The van der Waals surface area contributed by atoms with Crippen molar-refractivity contribution in [3.8, 4) is 0 Å². The summed E-state index contributed by atoms with van der Waals surface area (Å²) in [6.45, 7) is 4.39. The molecule has 1 unspecified atom stereocenters. The highest BCUT2D eigenvalue weighted by molar-refractivity contribution is 5.69. The van der Waals surface area contributed by atoms with Crippen molar-refractivity contribution in [2.75, 3.05) is 26.2 Å². The van der Waals surface area contributed by atoms with Crippen molar-refractivity contribution >= 4 is 6.09 Å². The molecule has 0 aliphatic carbocycles. The summed E-state index contributed by atoms with van der Waals surface area (Å²) in [7, 11) is 0. The van der Waals surface area contributed by atoms with Crippen LogP contribution >= 0.6 is 0 Å². The van der Waals surface area contributed by atoms with E-state index in [1.807, 2.05) is 6.07 Å². The van der Waals surface area contributed by atoms with Crippen LogP contribution < -0.4 is 5.73 Å². The first-order chi connectivity index (χ1) is 8.20. The van der Waals surface area contributed by atoms with Gasteiger partial charge in [0.15, 0.2) is 0 Å². The van der Waals surface area contributed by atoms with E-state index in [-0.39, 0.29) is 12.0 Å². The van der Waals surface area contributed by atoms with Crippen LogP contribution in [-0.4, -0.2) is 37.2 Å². The fraction of sp³-hybridized carbons (Fsp3) is 0.462. The van der Waals surface area contributed by atoms with Gasteiger partial charge in [-0.25, -0.2) is 4.79 Å². The first-order valence-electron chi connectivity index (χ1n) is 5.89. The van der Waals surface area contributed by atoms with Crippen LogP contribution in [0.5, 0.6) is 0 Å². The Kier molecular flexibility index (Phi) is 3.64. The predicted octanol–water partition coefficient (Wildman–Crippen LogP) is 1.49. The van der Waals surface area contributed by atoms with E-state index in [9.17, 15) is 4.79 Å². The largest absolute Gasteiger partial charge is 0.448 e. The number of hydrogen-bond donors (Lipinski definition) is 1. The van der Waals surface area contributed by atoms with E-state index >= 15 is 0 Å². The van der Waals surface area contributed by atoms with Gasteiger partial charge in [-0.05, 0) is 12.5 Å². The Morgan fingerprint density at radius 3 is 2.94 bits per heavy atom. The van der Waals surface area contributed by atoms with Gasteiger partial charge in [0.25, 0.3) is 0 Å². The molecule has 0 aromatic heterocycles. The molecule has 4 heteroatoms. The van der Waals surface area contributed by atoms with Crippen LogP contribution in [0.4, 0.5) is 4.79 Å². The van der Waals surface area contributed by atoms with E-state index in [1.165, 1.54) is 11.1 Å². The lowest BCUT2D eigenvalue weighted by Gasteiger charge is -2.21. The maximum Gasteiger partial charge on any atom is 0.409 e. The Bertz CT molecular complexity index is 406. The molecule has 4 nitrogen and oxygen atoms in total. The number of amides is 1. The number of carbonyl (C=O) groups is 1. The highest BCUT2D eigenvalue weighted by Gasteiger charge is 2.25. The van der Waals surface area contributed by atoms with Gasteiger partial charge in [0.1, 0.15) is 6.61 Å². The number of nitrogens with two attached hydrogens (primary N) is 1. The summed E-state index contributed by atoms with van der Waals surface area (Å²) in [5.74, 6) is 0.181. The molecular formula is C13H18N2O2. The number of aryl methyl sites for hydroxylation is 1. The first kappa shape index (κ1) is 11.9. The number of cyclic esters (lactones) is 1. The summed E-state index contributed by atoms with van der Waals surface area (Å²) in [6, 6.07) is 8.27. The normalized spacial score (nSPS) is 17.1. The molecule has 0 spiro atoms. The number of nitrogens with zero attached hydrogens (tertiary/aromatic N) is 1. The Balaban J connectivity index is 2.08. The summed E-state index contributed by atoms with van der Waals surface area (Å²) in [4.78, 5) is 13.1. The Labute approximate surface area is 101 Å². The van der Waals surface area contributed by atoms with Gasteiger partial charge in [-0.1, -0.05) is 29.8 Å². The van der Waals surface area contributed by atoms with E-state index in [0.717, 1.165) is 0 Å². The number of ether oxygens (including phenoxy) is 1. The third kappa shape index (κ3) is 2.77. The lowest BCUT2D eigenvalue weighted by Crippen LogP contribution is -2.32. The van der Waals surface area contributed by atoms with Gasteiger partial charge in [0, 0.05) is 19.0 Å². The van der Waals surface area contributed by atoms with Crippen LogP contribution in [0.2, 0.25) is 0 Å². The van der Waals surface area contributed by atoms with Crippen LogP contribution in [0.1, 0.15) is 17.0 Å². The molecule has 1 fully saturated rings. The van der Waals surface area contributed by atoms with Crippen LogP contribution in [0.3, 0.4) is 0 Å². The maximum absolute atomic E-state index is 11.4. The van der Waals surface area contributed by atoms with Crippen LogP contribution in [0.25, 0.3) is 0 Å². The van der Waals surface area contributed by atoms with Gasteiger partial charge in [-0.2, -0.15) is 0 Å². The minimum Gasteiger partial charge on any atom is -0.448 e. The van der Waals surface area contributed by atoms with E-state index in [0.29, 0.717) is 26.2 Å². The van der Waals surface area contributed by atoms with Crippen LogP contribution in [0, 0.1) is 6.92 Å². The molecular weight excluding hydrogens is 216 g/mol. The predicted molar refractivity (Wildman–Crippen MR) is 65.9 cm³/mol. The lowest BCUT2D eigenvalue weighted by molar-refractivity contribution is 0.157. The molecule has 1 heterocycles. The van der Waals surface area contributed by atoms with E-state index < -0.39 is 0 Å². The number of hydrogen-bond acceptors (Lipinski definition) is 3. The van der Waals surface area contributed by atoms with E-state index in [1.54, 1.807) is 4.90 Å². The summed E-state index contributed by atoms with van der Waals surface area (Å²) in [6.07, 6.45) is -0.226. The van der Waals surface area contributed by atoms with Crippen molar-refractivity contribution in [2.24, 2.45) is 5.73 Å². The van der Waals surface area contributed by atoms with Gasteiger partial charge < -0.3 is 15.4 Å². The monoisotopic (exact) mass is 234 g/mol. The molecule has 1 aromatic carbocycles. The molecule has 1 aliphatic heterocycles. The van der Waals surface area contributed by atoms with Gasteiger partial charge >= 0.3 is 6.09 Å². The second kappa shape index (κ2) is 5.19. The quantitative estimate of drug-likeness (QED) is 0.858. The fourth-order valence-electron chi connectivity index (χ4n) is 2.10. The zero-order valence-corrected chi connectivity index (χ0v) is 10.1. The maximum atomic E-state index is 11.4. The Morgan fingerprint density at radius 2 is 2.35 bits per heavy atom. The lowest BCUT2D eigenvalue weighted by atomic mass is 9.97. The number of rotatable bonds is 4. The van der Waals surface area contributed by atoms with Crippen LogP contribution in [0.15, 0.2) is 24.3 Å². The van der Waals surface area contributed by atoms with Gasteiger partial charge in [-0.3, -0.25) is 0 Å². The molecule has 0 radical (unpaired) electrons. The van der Waals surface area contributed by atoms with Crippen LogP contribution in [-0.2, 0) is 4.74 Å². The molecule has 0 bridgehead atoms. The molecule has 92 valence electrons. The van der Waals surface area contributed by atoms with Crippen molar-refractivity contribution < 1.29 is 9.53 Å². The molecule has 2 rings (SSSR count). The fourth-order valence-corrected chi connectivity index (χ4v) is 2.10. The molecule has 1 aromatic rings. The molecule has 2 N–H and O–H groups in total. The topological polar surface area (TPSA) is 55.6 Å². The second-order valence-electron chi connectivity index (χ2n) is 4.41. The average Bonchev–Trinajstić information content (AvgIpc) is 2.71. The standard InChI is InChI=1S/C13H18N2O2/c1-10-3-2-4-11(7-10)12(8-14)9-15-5-6-17-13(15)16/h2-4,7,12H,5-6,8-9,14H2,1H3. The van der Waals surface area contributed by atoms with Crippen molar-refractivity contribution in [2.45, 2.75) is 12.8 Å². The zero-order chi connectivity index (χ0) is 12.3. The SMILES string of the molecule is Cc1cccc(C(CN)CN2CCOC2=O)c1. The Hall–Kier alpha value is -1.55. The summed E-state index contributed by atoms with van der Waals surface area (Å²) in [5.41, 5.74) is 8.20. The van der Waals surface area contributed by atoms with Crippen molar-refractivity contribution in [3.63, 3.8) is 0 Å². The third-order valence-electron chi connectivity index (χ3n) is 3.08. The molecule has 1 aliphatic rings. The average molecular weight is 234 g/mol. The molecule has 1 atom stereocenters. The highest BCUT2D eigenvalue weighted by Crippen LogP contribution is 2.19. The summed E-state index contributed by atoms with van der Waals surface area (Å²) >= 11 is 0. The highest BCUT2D eigenvalue weighted by atomic mass is 16.6.